The fraction of sp³-hybridized carbons (Fsp3) is 0.526. The molecule has 3 heteroatoms. The summed E-state index contributed by atoms with van der Waals surface area (Å²) in [6.45, 7) is 4.20. The second kappa shape index (κ2) is 6.45. The van der Waals surface area contributed by atoms with Crippen molar-refractivity contribution >= 4 is 28.6 Å². The number of hydrogen-bond donors (Lipinski definition) is 1. The van der Waals surface area contributed by atoms with E-state index in [2.05, 4.69) is 19.2 Å². The van der Waals surface area contributed by atoms with Crippen LogP contribution >= 0.6 is 11.6 Å². The molecular formula is C19H24ClNO. The maximum absolute atomic E-state index is 12.4. The number of benzene rings is 1. The molecule has 1 unspecified atom stereocenters. The molecule has 118 valence electrons. The lowest BCUT2D eigenvalue weighted by molar-refractivity contribution is -0.113. The van der Waals surface area contributed by atoms with Crippen molar-refractivity contribution in [1.29, 1.82) is 0 Å². The summed E-state index contributed by atoms with van der Waals surface area (Å²) < 4.78 is 0. The lowest BCUT2D eigenvalue weighted by atomic mass is 9.94. The van der Waals surface area contributed by atoms with E-state index < -0.39 is 0 Å². The van der Waals surface area contributed by atoms with Gasteiger partial charge in [-0.25, -0.2) is 0 Å². The number of Topliss-reactive ketones (excluding diaryl/α,β-unsaturated/α-hetero) is 1. The van der Waals surface area contributed by atoms with Crippen LogP contribution in [0.3, 0.4) is 0 Å². The van der Waals surface area contributed by atoms with Gasteiger partial charge in [-0.2, -0.15) is 0 Å². The molecule has 0 spiro atoms. The first-order valence-corrected chi connectivity index (χ1v) is 8.74. The number of nitrogens with one attached hydrogen (secondary N) is 1. The summed E-state index contributed by atoms with van der Waals surface area (Å²) in [7, 11) is 0. The standard InChI is InChI=1S/C19H24ClNO/c1-12-10-18(22)19(13(12)2)16-11-14(20)8-9-17(16)21-15-6-4-3-5-7-15/h8-9,11-12,15,21H,3-7,10H2,1-2H3. The molecule has 1 fully saturated rings. The molecule has 3 rings (SSSR count). The van der Waals surface area contributed by atoms with Crippen LogP contribution in [0.1, 0.15) is 57.9 Å². The minimum atomic E-state index is 0.249. The SMILES string of the molecule is CC1=C(c2cc(Cl)ccc2NC2CCCCC2)C(=O)CC1C. The molecule has 1 aromatic carbocycles. The van der Waals surface area contributed by atoms with E-state index in [9.17, 15) is 4.79 Å². The van der Waals surface area contributed by atoms with E-state index in [0.717, 1.165) is 16.8 Å². The Hall–Kier alpha value is -1.28. The predicted molar refractivity (Wildman–Crippen MR) is 93.3 cm³/mol. The van der Waals surface area contributed by atoms with Gasteiger partial charge in [-0.1, -0.05) is 43.4 Å². The van der Waals surface area contributed by atoms with Crippen LogP contribution < -0.4 is 5.32 Å². The third-order valence-corrected chi connectivity index (χ3v) is 5.35. The van der Waals surface area contributed by atoms with Gasteiger partial charge in [0.05, 0.1) is 0 Å². The van der Waals surface area contributed by atoms with E-state index >= 15 is 0 Å². The average Bonchev–Trinajstić information content (AvgIpc) is 2.75. The minimum Gasteiger partial charge on any atom is -0.382 e. The molecule has 0 aromatic heterocycles. The molecule has 0 heterocycles. The zero-order valence-corrected chi connectivity index (χ0v) is 14.2. The van der Waals surface area contributed by atoms with E-state index in [-0.39, 0.29) is 5.78 Å². The predicted octanol–water partition coefficient (Wildman–Crippen LogP) is 5.47. The molecule has 0 saturated heterocycles. The van der Waals surface area contributed by atoms with Crippen molar-refractivity contribution in [2.75, 3.05) is 5.32 Å². The van der Waals surface area contributed by atoms with Crippen LogP contribution in [-0.2, 0) is 4.79 Å². The Morgan fingerprint density at radius 3 is 2.55 bits per heavy atom. The minimum absolute atomic E-state index is 0.249. The first-order chi connectivity index (χ1) is 10.6. The van der Waals surface area contributed by atoms with Crippen LogP contribution in [0.2, 0.25) is 5.02 Å². The number of rotatable bonds is 3. The monoisotopic (exact) mass is 317 g/mol. The van der Waals surface area contributed by atoms with Gasteiger partial charge in [0.25, 0.3) is 0 Å². The third-order valence-electron chi connectivity index (χ3n) is 5.12. The van der Waals surface area contributed by atoms with E-state index in [4.69, 9.17) is 11.6 Å². The normalized spacial score (nSPS) is 23.2. The Kier molecular flexibility index (Phi) is 4.58. The van der Waals surface area contributed by atoms with Crippen molar-refractivity contribution in [2.45, 2.75) is 58.4 Å². The highest BCUT2D eigenvalue weighted by atomic mass is 35.5. The number of ketones is 1. The average molecular weight is 318 g/mol. The Morgan fingerprint density at radius 1 is 1.18 bits per heavy atom. The zero-order chi connectivity index (χ0) is 15.7. The van der Waals surface area contributed by atoms with E-state index in [1.54, 1.807) is 0 Å². The summed E-state index contributed by atoms with van der Waals surface area (Å²) >= 11 is 6.21. The zero-order valence-electron chi connectivity index (χ0n) is 13.4. The molecule has 2 nitrogen and oxygen atoms in total. The Labute approximate surface area is 137 Å². The number of carbonyl (C=O) groups excluding carboxylic acids is 1. The number of carbonyl (C=O) groups is 1. The van der Waals surface area contributed by atoms with Gasteiger partial charge in [0.1, 0.15) is 0 Å². The molecule has 0 radical (unpaired) electrons. The van der Waals surface area contributed by atoms with Gasteiger partial charge in [-0.15, -0.1) is 0 Å². The fourth-order valence-electron chi connectivity index (χ4n) is 3.68. The Morgan fingerprint density at radius 2 is 1.91 bits per heavy atom. The lowest BCUT2D eigenvalue weighted by Crippen LogP contribution is -2.23. The molecule has 2 aliphatic carbocycles. The maximum atomic E-state index is 12.4. The lowest BCUT2D eigenvalue weighted by Gasteiger charge is -2.25. The smallest absolute Gasteiger partial charge is 0.164 e. The Bertz CT molecular complexity index is 614. The van der Waals surface area contributed by atoms with Crippen molar-refractivity contribution < 1.29 is 4.79 Å². The molecule has 0 amide bonds. The highest BCUT2D eigenvalue weighted by molar-refractivity contribution is 6.32. The van der Waals surface area contributed by atoms with Crippen molar-refractivity contribution in [3.05, 3.63) is 34.4 Å². The second-order valence-electron chi connectivity index (χ2n) is 6.76. The molecule has 1 N–H and O–H groups in total. The molecule has 2 aliphatic rings. The molecule has 1 saturated carbocycles. The summed E-state index contributed by atoms with van der Waals surface area (Å²) in [5.74, 6) is 0.586. The van der Waals surface area contributed by atoms with Crippen LogP contribution in [0, 0.1) is 5.92 Å². The summed E-state index contributed by atoms with van der Waals surface area (Å²) in [6, 6.07) is 6.41. The van der Waals surface area contributed by atoms with E-state index in [1.807, 2.05) is 18.2 Å². The van der Waals surface area contributed by atoms with Gasteiger partial charge in [0.15, 0.2) is 5.78 Å². The largest absolute Gasteiger partial charge is 0.382 e. The van der Waals surface area contributed by atoms with Crippen molar-refractivity contribution in [1.82, 2.24) is 0 Å². The number of anilines is 1. The highest BCUT2D eigenvalue weighted by Crippen LogP contribution is 2.39. The molecular weight excluding hydrogens is 294 g/mol. The molecule has 0 bridgehead atoms. The quantitative estimate of drug-likeness (QED) is 0.801. The van der Waals surface area contributed by atoms with Crippen LogP contribution in [0.4, 0.5) is 5.69 Å². The third kappa shape index (κ3) is 3.08. The maximum Gasteiger partial charge on any atom is 0.164 e. The summed E-state index contributed by atoms with van der Waals surface area (Å²) in [5.41, 5.74) is 4.13. The van der Waals surface area contributed by atoms with Crippen LogP contribution in [0.5, 0.6) is 0 Å². The van der Waals surface area contributed by atoms with Crippen molar-refractivity contribution in [2.24, 2.45) is 5.92 Å². The molecule has 0 aliphatic heterocycles. The van der Waals surface area contributed by atoms with Crippen molar-refractivity contribution in [3.63, 3.8) is 0 Å². The van der Waals surface area contributed by atoms with Crippen LogP contribution in [0.15, 0.2) is 23.8 Å². The summed E-state index contributed by atoms with van der Waals surface area (Å²) in [6.07, 6.45) is 6.97. The van der Waals surface area contributed by atoms with Gasteiger partial charge in [0.2, 0.25) is 0 Å². The fourth-order valence-corrected chi connectivity index (χ4v) is 3.85. The van der Waals surface area contributed by atoms with Crippen molar-refractivity contribution in [3.8, 4) is 0 Å². The number of allylic oxidation sites excluding steroid dienone is 2. The highest BCUT2D eigenvalue weighted by Gasteiger charge is 2.29. The molecule has 1 atom stereocenters. The van der Waals surface area contributed by atoms with Gasteiger partial charge in [0, 0.05) is 34.3 Å². The van der Waals surface area contributed by atoms with Gasteiger partial charge >= 0.3 is 0 Å². The Balaban J connectivity index is 1.96. The summed E-state index contributed by atoms with van der Waals surface area (Å²) in [4.78, 5) is 12.4. The first-order valence-electron chi connectivity index (χ1n) is 8.36. The second-order valence-corrected chi connectivity index (χ2v) is 7.19. The topological polar surface area (TPSA) is 29.1 Å². The van der Waals surface area contributed by atoms with Gasteiger partial charge in [-0.05, 0) is 43.9 Å². The first kappa shape index (κ1) is 15.6. The van der Waals surface area contributed by atoms with E-state index in [1.165, 1.54) is 37.7 Å². The summed E-state index contributed by atoms with van der Waals surface area (Å²) in [5, 5.41) is 4.36. The van der Waals surface area contributed by atoms with Crippen LogP contribution in [-0.4, -0.2) is 11.8 Å². The van der Waals surface area contributed by atoms with E-state index in [0.29, 0.717) is 23.4 Å². The number of halogens is 1. The van der Waals surface area contributed by atoms with Crippen LogP contribution in [0.25, 0.3) is 5.57 Å². The van der Waals surface area contributed by atoms with Gasteiger partial charge < -0.3 is 5.32 Å². The molecule has 1 aromatic rings. The van der Waals surface area contributed by atoms with Gasteiger partial charge in [-0.3, -0.25) is 4.79 Å². The number of hydrogen-bond acceptors (Lipinski definition) is 2. The molecule has 22 heavy (non-hydrogen) atoms.